The van der Waals surface area contributed by atoms with Gasteiger partial charge in [-0.05, 0) is 0 Å². The van der Waals surface area contributed by atoms with Crippen LogP contribution in [0.15, 0.2) is 84.9 Å². The molecule has 3 aromatic rings. The molecule has 0 aliphatic carbocycles. The Hall–Kier alpha value is -2.65. The third-order valence-electron chi connectivity index (χ3n) is 4.91. The second kappa shape index (κ2) is 11.6. The fourth-order valence-electron chi connectivity index (χ4n) is 3.10. The molecule has 6 nitrogen and oxygen atoms in total. The van der Waals surface area contributed by atoms with Crippen LogP contribution in [-0.4, -0.2) is 62.9 Å². The number of carbonyl (C=O) groups is 1. The van der Waals surface area contributed by atoms with Crippen LogP contribution in [0.3, 0.4) is 0 Å². The molecule has 3 aromatic carbocycles. The van der Waals surface area contributed by atoms with E-state index in [4.69, 9.17) is 9.29 Å². The predicted octanol–water partition coefficient (Wildman–Crippen LogP) is 2.36. The molecule has 0 radical (unpaired) electrons. The van der Waals surface area contributed by atoms with Crippen molar-refractivity contribution in [3.8, 4) is 5.75 Å². The Balaban J connectivity index is 1.58. The zero-order valence-electron chi connectivity index (χ0n) is 18.6. The minimum absolute atomic E-state index is 0.306. The Morgan fingerprint density at radius 3 is 1.75 bits per heavy atom. The van der Waals surface area contributed by atoms with Crippen LogP contribution in [0.4, 0.5) is 17.6 Å². The summed E-state index contributed by atoms with van der Waals surface area (Å²) in [6.45, 7) is -1.88. The SMILES string of the molecule is O=C(COc1ccc([TeH](c2ccccc2)c2ccccc2)cc1)OCCC(F)(F)C(F)(F)S(=O)(=O)O. The molecule has 0 spiro atoms. The van der Waals surface area contributed by atoms with Crippen molar-refractivity contribution in [1.82, 2.24) is 0 Å². The van der Waals surface area contributed by atoms with Gasteiger partial charge in [-0.1, -0.05) is 0 Å². The zero-order chi connectivity index (χ0) is 26.4. The van der Waals surface area contributed by atoms with Gasteiger partial charge in [0.1, 0.15) is 0 Å². The Morgan fingerprint density at radius 1 is 0.806 bits per heavy atom. The molecule has 0 aliphatic heterocycles. The first-order chi connectivity index (χ1) is 16.9. The summed E-state index contributed by atoms with van der Waals surface area (Å²) < 4.78 is 95.8. The van der Waals surface area contributed by atoms with Gasteiger partial charge in [0.15, 0.2) is 0 Å². The number of esters is 1. The fourth-order valence-corrected chi connectivity index (χ4v) is 10.1. The molecule has 0 saturated heterocycles. The number of hydrogen-bond acceptors (Lipinski definition) is 5. The van der Waals surface area contributed by atoms with E-state index in [1.165, 1.54) is 7.22 Å². The third kappa shape index (κ3) is 6.76. The van der Waals surface area contributed by atoms with E-state index < -0.39 is 66.5 Å². The molecule has 0 saturated carbocycles. The van der Waals surface area contributed by atoms with Crippen LogP contribution in [0.1, 0.15) is 6.42 Å². The topological polar surface area (TPSA) is 89.9 Å². The molecular weight excluding hydrogens is 620 g/mol. The monoisotopic (exact) mass is 644 g/mol. The van der Waals surface area contributed by atoms with E-state index in [-0.39, 0.29) is 0 Å². The summed E-state index contributed by atoms with van der Waals surface area (Å²) in [7, 11) is -6.35. The summed E-state index contributed by atoms with van der Waals surface area (Å²) >= 11 is -2.31. The van der Waals surface area contributed by atoms with Crippen LogP contribution in [-0.2, 0) is 19.6 Å². The van der Waals surface area contributed by atoms with Gasteiger partial charge in [-0.15, -0.1) is 0 Å². The van der Waals surface area contributed by atoms with E-state index >= 15 is 0 Å². The smallest absolute Gasteiger partial charge is 0.281 e. The number of ether oxygens (including phenoxy) is 2. The van der Waals surface area contributed by atoms with E-state index in [0.29, 0.717) is 5.75 Å². The van der Waals surface area contributed by atoms with Crippen LogP contribution < -0.4 is 15.6 Å². The first-order valence-electron chi connectivity index (χ1n) is 10.4. The Morgan fingerprint density at radius 2 is 1.28 bits per heavy atom. The van der Waals surface area contributed by atoms with Crippen molar-refractivity contribution in [1.29, 1.82) is 0 Å². The van der Waals surface area contributed by atoms with Crippen LogP contribution in [0, 0.1) is 0 Å². The Labute approximate surface area is 212 Å². The number of benzene rings is 3. The number of hydrogen-bond donors (Lipinski definition) is 1. The molecule has 3 rings (SSSR count). The van der Waals surface area contributed by atoms with Crippen molar-refractivity contribution >= 4 is 46.5 Å². The van der Waals surface area contributed by atoms with Crippen molar-refractivity contribution in [2.75, 3.05) is 13.2 Å². The molecular formula is C24H22F4O6STe. The average molecular weight is 642 g/mol. The van der Waals surface area contributed by atoms with Crippen molar-refractivity contribution in [3.05, 3.63) is 84.9 Å². The Bertz CT molecular complexity index is 1220. The molecule has 0 heterocycles. The number of rotatable bonds is 11. The zero-order valence-corrected chi connectivity index (χ0v) is 21.9. The van der Waals surface area contributed by atoms with Crippen LogP contribution in [0.2, 0.25) is 0 Å². The van der Waals surface area contributed by atoms with Crippen LogP contribution in [0.25, 0.3) is 0 Å². The maximum absolute atomic E-state index is 13.4. The quantitative estimate of drug-likeness (QED) is 0.150. The Kier molecular flexibility index (Phi) is 9.00. The van der Waals surface area contributed by atoms with Crippen LogP contribution >= 0.6 is 0 Å². The first kappa shape index (κ1) is 27.9. The second-order valence-electron chi connectivity index (χ2n) is 7.46. The van der Waals surface area contributed by atoms with E-state index in [1.807, 2.05) is 48.5 Å². The number of halogens is 4. The van der Waals surface area contributed by atoms with E-state index in [9.17, 15) is 30.8 Å². The van der Waals surface area contributed by atoms with Gasteiger partial charge >= 0.3 is 191 Å². The van der Waals surface area contributed by atoms with Gasteiger partial charge in [0.2, 0.25) is 0 Å². The van der Waals surface area contributed by atoms with E-state index in [1.54, 1.807) is 12.1 Å². The molecule has 0 bridgehead atoms. The van der Waals surface area contributed by atoms with Crippen molar-refractivity contribution in [2.45, 2.75) is 17.6 Å². The molecule has 36 heavy (non-hydrogen) atoms. The molecule has 0 fully saturated rings. The van der Waals surface area contributed by atoms with Gasteiger partial charge in [0.05, 0.1) is 0 Å². The molecule has 1 N–H and O–H groups in total. The second-order valence-corrected chi connectivity index (χ2v) is 15.3. The summed E-state index contributed by atoms with van der Waals surface area (Å²) in [6, 6.07) is 27.3. The van der Waals surface area contributed by atoms with Crippen molar-refractivity contribution < 1.29 is 44.8 Å². The van der Waals surface area contributed by atoms with Gasteiger partial charge in [-0.25, -0.2) is 0 Å². The molecule has 0 unspecified atom stereocenters. The van der Waals surface area contributed by atoms with Crippen LogP contribution in [0.5, 0.6) is 5.75 Å². The number of carbonyl (C=O) groups excluding carboxylic acids is 1. The number of alkyl halides is 4. The molecule has 12 heteroatoms. The molecule has 0 aromatic heterocycles. The normalized spacial score (nSPS) is 12.6. The standard InChI is InChI=1S/C24H22F4O6STe/c25-23(26,24(27,28)35(30,31)32)15-16-33-22(29)17-34-18-11-13-21(14-12-18)36(19-7-3-1-4-8-19)20-9-5-2-6-10-20/h1-14,36H,15-17H2,(H,30,31,32). The maximum atomic E-state index is 13.4. The predicted molar refractivity (Wildman–Crippen MR) is 128 cm³/mol. The van der Waals surface area contributed by atoms with Gasteiger partial charge in [-0.2, -0.15) is 17.2 Å². The van der Waals surface area contributed by atoms with E-state index in [2.05, 4.69) is 29.0 Å². The molecule has 0 aliphatic rings. The summed E-state index contributed by atoms with van der Waals surface area (Å²) in [5.74, 6) is -5.95. The van der Waals surface area contributed by atoms with Crippen molar-refractivity contribution in [3.63, 3.8) is 0 Å². The summed E-state index contributed by atoms with van der Waals surface area (Å²) in [5.41, 5.74) is 0. The summed E-state index contributed by atoms with van der Waals surface area (Å²) in [5, 5.41) is -5.72. The first-order valence-corrected chi connectivity index (χ1v) is 15.7. The fraction of sp³-hybridized carbons (Fsp3) is 0.208. The summed E-state index contributed by atoms with van der Waals surface area (Å²) in [6.07, 6.45) is -1.81. The molecule has 0 amide bonds. The summed E-state index contributed by atoms with van der Waals surface area (Å²) in [4.78, 5) is 11.8. The third-order valence-corrected chi connectivity index (χ3v) is 12.8. The minimum atomic E-state index is -6.35. The van der Waals surface area contributed by atoms with E-state index in [0.717, 1.165) is 3.61 Å². The van der Waals surface area contributed by atoms with Gasteiger partial charge in [0, 0.05) is 0 Å². The molecule has 0 atom stereocenters. The minimum Gasteiger partial charge on any atom is -0.281 e. The van der Waals surface area contributed by atoms with Gasteiger partial charge in [-0.3, -0.25) is 4.55 Å². The van der Waals surface area contributed by atoms with Crippen molar-refractivity contribution in [2.24, 2.45) is 0 Å². The van der Waals surface area contributed by atoms with Gasteiger partial charge in [0.25, 0.3) is 0 Å². The molecule has 194 valence electrons. The van der Waals surface area contributed by atoms with Gasteiger partial charge < -0.3 is 0 Å². The average Bonchev–Trinajstić information content (AvgIpc) is 2.84.